The lowest BCUT2D eigenvalue weighted by Gasteiger charge is -2.32. The Balaban J connectivity index is 2.37. The van der Waals surface area contributed by atoms with Gasteiger partial charge in [0.15, 0.2) is 0 Å². The lowest BCUT2D eigenvalue weighted by Crippen LogP contribution is -2.41. The van der Waals surface area contributed by atoms with Gasteiger partial charge in [0.2, 0.25) is 0 Å². The Labute approximate surface area is 112 Å². The Kier molecular flexibility index (Phi) is 3.41. The number of halogens is 1. The van der Waals surface area contributed by atoms with E-state index in [9.17, 15) is 4.39 Å². The Bertz CT molecular complexity index is 501. The number of rotatable bonds is 2. The van der Waals surface area contributed by atoms with Crippen LogP contribution < -0.4 is 5.46 Å². The zero-order valence-electron chi connectivity index (χ0n) is 11.5. The van der Waals surface area contributed by atoms with Crippen molar-refractivity contribution in [2.75, 3.05) is 0 Å². The van der Waals surface area contributed by atoms with Gasteiger partial charge in [0.25, 0.3) is 0 Å². The Morgan fingerprint density at radius 3 is 2.32 bits per heavy atom. The molecule has 4 nitrogen and oxygen atoms in total. The standard InChI is InChI=1S/C13H17BFNO3/c1-12(2)13(3,4)19-14(18-12)10-7-5-6-9(8-16-17)11(10)15/h5-8,17H,1-4H3/b16-8-. The van der Waals surface area contributed by atoms with E-state index in [0.29, 0.717) is 5.46 Å². The fourth-order valence-electron chi connectivity index (χ4n) is 1.88. The third-order valence-electron chi connectivity index (χ3n) is 3.76. The highest BCUT2D eigenvalue weighted by atomic mass is 19.1. The van der Waals surface area contributed by atoms with E-state index in [0.717, 1.165) is 6.21 Å². The number of hydrogen-bond donors (Lipinski definition) is 1. The minimum atomic E-state index is -0.767. The second kappa shape index (κ2) is 4.61. The molecule has 0 bridgehead atoms. The summed E-state index contributed by atoms with van der Waals surface area (Å²) in [6, 6.07) is 4.79. The first-order valence-electron chi connectivity index (χ1n) is 6.10. The summed E-state index contributed by atoms with van der Waals surface area (Å²) in [7, 11) is -0.767. The Morgan fingerprint density at radius 1 is 1.21 bits per heavy atom. The van der Waals surface area contributed by atoms with Gasteiger partial charge in [-0.3, -0.25) is 0 Å². The highest BCUT2D eigenvalue weighted by Gasteiger charge is 2.52. The molecule has 1 aliphatic rings. The average molecular weight is 265 g/mol. The second-order valence-corrected chi connectivity index (χ2v) is 5.58. The van der Waals surface area contributed by atoms with Crippen LogP contribution in [0.3, 0.4) is 0 Å². The van der Waals surface area contributed by atoms with Gasteiger partial charge in [-0.15, -0.1) is 0 Å². The molecule has 102 valence electrons. The van der Waals surface area contributed by atoms with Crippen LogP contribution in [0.25, 0.3) is 0 Å². The number of oxime groups is 1. The monoisotopic (exact) mass is 265 g/mol. The van der Waals surface area contributed by atoms with E-state index >= 15 is 0 Å². The maximum Gasteiger partial charge on any atom is 0.497 e. The van der Waals surface area contributed by atoms with E-state index in [1.807, 2.05) is 27.7 Å². The van der Waals surface area contributed by atoms with Gasteiger partial charge in [-0.1, -0.05) is 23.4 Å². The molecule has 1 heterocycles. The minimum Gasteiger partial charge on any atom is -0.411 e. The summed E-state index contributed by atoms with van der Waals surface area (Å²) in [5.74, 6) is -0.501. The van der Waals surface area contributed by atoms with Crippen molar-refractivity contribution in [3.05, 3.63) is 29.6 Å². The third kappa shape index (κ3) is 2.38. The van der Waals surface area contributed by atoms with Gasteiger partial charge in [0.05, 0.1) is 17.4 Å². The van der Waals surface area contributed by atoms with Crippen molar-refractivity contribution in [2.24, 2.45) is 5.16 Å². The molecule has 0 aliphatic carbocycles. The lowest BCUT2D eigenvalue weighted by atomic mass is 9.78. The molecule has 1 aromatic rings. The molecule has 0 spiro atoms. The van der Waals surface area contributed by atoms with Crippen molar-refractivity contribution in [3.8, 4) is 0 Å². The average Bonchev–Trinajstić information content (AvgIpc) is 2.51. The molecule has 0 unspecified atom stereocenters. The molecule has 0 radical (unpaired) electrons. The van der Waals surface area contributed by atoms with E-state index in [4.69, 9.17) is 14.5 Å². The fraction of sp³-hybridized carbons (Fsp3) is 0.462. The predicted octanol–water partition coefficient (Wildman–Crippen LogP) is 1.93. The normalized spacial score (nSPS) is 21.2. The molecule has 6 heteroatoms. The van der Waals surface area contributed by atoms with Crippen LogP contribution in [-0.2, 0) is 9.31 Å². The molecule has 1 N–H and O–H groups in total. The van der Waals surface area contributed by atoms with E-state index in [1.165, 1.54) is 6.07 Å². The van der Waals surface area contributed by atoms with Crippen molar-refractivity contribution < 1.29 is 18.9 Å². The first-order chi connectivity index (χ1) is 8.78. The van der Waals surface area contributed by atoms with Crippen molar-refractivity contribution in [1.29, 1.82) is 0 Å². The summed E-state index contributed by atoms with van der Waals surface area (Å²) in [5.41, 5.74) is -0.554. The van der Waals surface area contributed by atoms with Crippen molar-refractivity contribution in [2.45, 2.75) is 38.9 Å². The smallest absolute Gasteiger partial charge is 0.411 e. The zero-order chi connectivity index (χ0) is 14.3. The number of nitrogens with zero attached hydrogens (tertiary/aromatic N) is 1. The molecule has 0 saturated carbocycles. The lowest BCUT2D eigenvalue weighted by molar-refractivity contribution is 0.00578. The molecule has 0 aromatic heterocycles. The zero-order valence-corrected chi connectivity index (χ0v) is 11.5. The maximum atomic E-state index is 14.3. The van der Waals surface area contributed by atoms with Crippen LogP contribution >= 0.6 is 0 Å². The van der Waals surface area contributed by atoms with Crippen molar-refractivity contribution >= 4 is 18.8 Å². The topological polar surface area (TPSA) is 51.0 Å². The molecule has 1 fully saturated rings. The maximum absolute atomic E-state index is 14.3. The molecule has 19 heavy (non-hydrogen) atoms. The van der Waals surface area contributed by atoms with Crippen LogP contribution in [0.1, 0.15) is 33.3 Å². The Morgan fingerprint density at radius 2 is 1.79 bits per heavy atom. The highest BCUT2D eigenvalue weighted by Crippen LogP contribution is 2.36. The first kappa shape index (κ1) is 14.0. The quantitative estimate of drug-likeness (QED) is 0.385. The summed E-state index contributed by atoms with van der Waals surface area (Å²) in [6.07, 6.45) is 1.05. The Hall–Kier alpha value is -1.40. The summed E-state index contributed by atoms with van der Waals surface area (Å²) in [6.45, 7) is 7.63. The van der Waals surface area contributed by atoms with Gasteiger partial charge in [-0.2, -0.15) is 0 Å². The fourth-order valence-corrected chi connectivity index (χ4v) is 1.88. The molecule has 1 aromatic carbocycles. The predicted molar refractivity (Wildman–Crippen MR) is 71.5 cm³/mol. The summed E-state index contributed by atoms with van der Waals surface area (Å²) < 4.78 is 25.8. The molecule has 0 atom stereocenters. The van der Waals surface area contributed by atoms with Gasteiger partial charge in [0, 0.05) is 11.0 Å². The van der Waals surface area contributed by atoms with E-state index < -0.39 is 24.1 Å². The largest absolute Gasteiger partial charge is 0.497 e. The van der Waals surface area contributed by atoms with Gasteiger partial charge >= 0.3 is 7.12 Å². The van der Waals surface area contributed by atoms with Crippen LogP contribution in [0.15, 0.2) is 23.4 Å². The van der Waals surface area contributed by atoms with Gasteiger partial charge in [0.1, 0.15) is 5.82 Å². The minimum absolute atomic E-state index is 0.190. The summed E-state index contributed by atoms with van der Waals surface area (Å²) >= 11 is 0. The van der Waals surface area contributed by atoms with Gasteiger partial charge in [-0.25, -0.2) is 4.39 Å². The summed E-state index contributed by atoms with van der Waals surface area (Å²) in [4.78, 5) is 0. The summed E-state index contributed by atoms with van der Waals surface area (Å²) in [5, 5.41) is 11.4. The van der Waals surface area contributed by atoms with Crippen LogP contribution in [0.5, 0.6) is 0 Å². The first-order valence-corrected chi connectivity index (χ1v) is 6.10. The molecular formula is C13H17BFNO3. The van der Waals surface area contributed by atoms with Crippen LogP contribution in [0, 0.1) is 5.82 Å². The molecule has 2 rings (SSSR count). The molecular weight excluding hydrogens is 248 g/mol. The van der Waals surface area contributed by atoms with Crippen molar-refractivity contribution in [3.63, 3.8) is 0 Å². The number of hydrogen-bond acceptors (Lipinski definition) is 4. The second-order valence-electron chi connectivity index (χ2n) is 5.58. The van der Waals surface area contributed by atoms with Crippen LogP contribution in [0.4, 0.5) is 4.39 Å². The van der Waals surface area contributed by atoms with E-state index in [1.54, 1.807) is 12.1 Å². The third-order valence-corrected chi connectivity index (χ3v) is 3.76. The molecule has 1 saturated heterocycles. The molecule has 0 amide bonds. The van der Waals surface area contributed by atoms with E-state index in [2.05, 4.69) is 5.16 Å². The number of benzene rings is 1. The van der Waals surface area contributed by atoms with Crippen molar-refractivity contribution in [1.82, 2.24) is 0 Å². The highest BCUT2D eigenvalue weighted by molar-refractivity contribution is 6.62. The van der Waals surface area contributed by atoms with Crippen LogP contribution in [-0.4, -0.2) is 29.7 Å². The van der Waals surface area contributed by atoms with Crippen LogP contribution in [0.2, 0.25) is 0 Å². The van der Waals surface area contributed by atoms with Gasteiger partial charge < -0.3 is 14.5 Å². The van der Waals surface area contributed by atoms with E-state index in [-0.39, 0.29) is 5.56 Å². The molecule has 1 aliphatic heterocycles. The van der Waals surface area contributed by atoms with Gasteiger partial charge in [-0.05, 0) is 27.7 Å². The SMILES string of the molecule is CC1(C)OB(c2cccc(/C=N\O)c2F)OC1(C)C.